The molecule has 0 radical (unpaired) electrons. The molecule has 116 valence electrons. The number of hydrogen-bond donors (Lipinski definition) is 1. The van der Waals surface area contributed by atoms with Gasteiger partial charge >= 0.3 is 5.97 Å². The Bertz CT molecular complexity index is 727. The van der Waals surface area contributed by atoms with E-state index in [1.807, 2.05) is 19.2 Å². The Morgan fingerprint density at radius 3 is 2.64 bits per heavy atom. The molecule has 1 aromatic carbocycles. The molecule has 1 aromatic heterocycles. The molecule has 0 bridgehead atoms. The van der Waals surface area contributed by atoms with Crippen LogP contribution in [0.2, 0.25) is 0 Å². The second-order valence-electron chi connectivity index (χ2n) is 6.15. The predicted octanol–water partition coefficient (Wildman–Crippen LogP) is 4.02. The van der Waals surface area contributed by atoms with Gasteiger partial charge in [0.25, 0.3) is 0 Å². The standard InChI is InChI=1S/C18H22N2O2/c1-4-14-9-19-10-20(14)16-8-15(18(21)22)11(2)12(3)17(16)13-6-5-7-13/h8-10,13H,4-7H2,1-3H3,(H,21,22). The van der Waals surface area contributed by atoms with Crippen LogP contribution in [0.5, 0.6) is 0 Å². The molecular weight excluding hydrogens is 276 g/mol. The molecule has 4 nitrogen and oxygen atoms in total. The highest BCUT2D eigenvalue weighted by molar-refractivity contribution is 5.91. The highest BCUT2D eigenvalue weighted by atomic mass is 16.4. The molecule has 1 fully saturated rings. The van der Waals surface area contributed by atoms with Gasteiger partial charge in [-0.05, 0) is 61.8 Å². The van der Waals surface area contributed by atoms with Crippen LogP contribution in [0.3, 0.4) is 0 Å². The summed E-state index contributed by atoms with van der Waals surface area (Å²) in [6, 6.07) is 1.83. The number of aromatic carboxylic acids is 1. The number of nitrogens with zero attached hydrogens (tertiary/aromatic N) is 2. The second-order valence-corrected chi connectivity index (χ2v) is 6.15. The fourth-order valence-corrected chi connectivity index (χ4v) is 3.35. The van der Waals surface area contributed by atoms with E-state index in [4.69, 9.17) is 0 Å². The summed E-state index contributed by atoms with van der Waals surface area (Å²) in [4.78, 5) is 15.8. The van der Waals surface area contributed by atoms with Gasteiger partial charge < -0.3 is 9.67 Å². The molecule has 22 heavy (non-hydrogen) atoms. The molecule has 0 spiro atoms. The van der Waals surface area contributed by atoms with Crippen LogP contribution in [0.1, 0.15) is 64.8 Å². The van der Waals surface area contributed by atoms with Crippen molar-refractivity contribution in [3.63, 3.8) is 0 Å². The first kappa shape index (κ1) is 14.8. The molecule has 2 aromatic rings. The zero-order valence-electron chi connectivity index (χ0n) is 13.4. The average molecular weight is 298 g/mol. The Kier molecular flexibility index (Phi) is 3.77. The van der Waals surface area contributed by atoms with E-state index >= 15 is 0 Å². The summed E-state index contributed by atoms with van der Waals surface area (Å²) < 4.78 is 2.06. The van der Waals surface area contributed by atoms with Gasteiger partial charge in [-0.25, -0.2) is 9.78 Å². The van der Waals surface area contributed by atoms with Crippen molar-refractivity contribution in [2.75, 3.05) is 0 Å². The lowest BCUT2D eigenvalue weighted by Crippen LogP contribution is -2.17. The van der Waals surface area contributed by atoms with Crippen LogP contribution in [0.25, 0.3) is 5.69 Å². The van der Waals surface area contributed by atoms with E-state index in [9.17, 15) is 9.90 Å². The summed E-state index contributed by atoms with van der Waals surface area (Å²) in [5.41, 5.74) is 5.82. The summed E-state index contributed by atoms with van der Waals surface area (Å²) >= 11 is 0. The lowest BCUT2D eigenvalue weighted by Gasteiger charge is -2.31. The van der Waals surface area contributed by atoms with E-state index in [-0.39, 0.29) is 0 Å². The Labute approximate surface area is 130 Å². The van der Waals surface area contributed by atoms with Crippen molar-refractivity contribution < 1.29 is 9.90 Å². The van der Waals surface area contributed by atoms with Crippen LogP contribution in [0, 0.1) is 13.8 Å². The quantitative estimate of drug-likeness (QED) is 0.927. The molecule has 0 saturated heterocycles. The Morgan fingerprint density at radius 1 is 1.36 bits per heavy atom. The normalized spacial score (nSPS) is 14.9. The zero-order valence-corrected chi connectivity index (χ0v) is 13.4. The van der Waals surface area contributed by atoms with E-state index in [1.54, 1.807) is 6.33 Å². The van der Waals surface area contributed by atoms with E-state index in [1.165, 1.54) is 24.8 Å². The van der Waals surface area contributed by atoms with Gasteiger partial charge in [-0.2, -0.15) is 0 Å². The van der Waals surface area contributed by atoms with Gasteiger partial charge in [0.15, 0.2) is 0 Å². The monoisotopic (exact) mass is 298 g/mol. The van der Waals surface area contributed by atoms with E-state index < -0.39 is 5.97 Å². The minimum absolute atomic E-state index is 0.395. The van der Waals surface area contributed by atoms with Crippen LogP contribution in [0.4, 0.5) is 0 Å². The number of hydrogen-bond acceptors (Lipinski definition) is 2. The molecule has 3 rings (SSSR count). The molecule has 1 aliphatic carbocycles. The van der Waals surface area contributed by atoms with Crippen molar-refractivity contribution in [2.24, 2.45) is 0 Å². The Balaban J connectivity index is 2.28. The van der Waals surface area contributed by atoms with Crippen molar-refractivity contribution in [1.82, 2.24) is 9.55 Å². The van der Waals surface area contributed by atoms with Gasteiger partial charge in [0.05, 0.1) is 17.6 Å². The highest BCUT2D eigenvalue weighted by Crippen LogP contribution is 2.42. The maximum Gasteiger partial charge on any atom is 0.336 e. The van der Waals surface area contributed by atoms with Crippen LogP contribution >= 0.6 is 0 Å². The van der Waals surface area contributed by atoms with Crippen LogP contribution in [-0.4, -0.2) is 20.6 Å². The summed E-state index contributed by atoms with van der Waals surface area (Å²) in [6.07, 6.45) is 8.18. The maximum atomic E-state index is 11.6. The third-order valence-corrected chi connectivity index (χ3v) is 5.01. The third-order valence-electron chi connectivity index (χ3n) is 5.01. The topological polar surface area (TPSA) is 55.1 Å². The van der Waals surface area contributed by atoms with Gasteiger partial charge in [-0.1, -0.05) is 13.3 Å². The number of carboxylic acid groups (broad SMARTS) is 1. The molecule has 4 heteroatoms. The first-order chi connectivity index (χ1) is 10.5. The van der Waals surface area contributed by atoms with Crippen LogP contribution < -0.4 is 0 Å². The van der Waals surface area contributed by atoms with Gasteiger partial charge in [0.1, 0.15) is 0 Å². The van der Waals surface area contributed by atoms with Crippen molar-refractivity contribution in [2.45, 2.75) is 52.4 Å². The van der Waals surface area contributed by atoms with Crippen molar-refractivity contribution >= 4 is 5.97 Å². The molecule has 1 heterocycles. The highest BCUT2D eigenvalue weighted by Gasteiger charge is 2.28. The maximum absolute atomic E-state index is 11.6. The minimum Gasteiger partial charge on any atom is -0.478 e. The average Bonchev–Trinajstić information content (AvgIpc) is 2.90. The fraction of sp³-hybridized carbons (Fsp3) is 0.444. The van der Waals surface area contributed by atoms with E-state index in [0.717, 1.165) is 28.9 Å². The van der Waals surface area contributed by atoms with Gasteiger partial charge in [-0.3, -0.25) is 0 Å². The van der Waals surface area contributed by atoms with E-state index in [2.05, 4.69) is 23.4 Å². The second kappa shape index (κ2) is 5.59. The molecule has 0 unspecified atom stereocenters. The fourth-order valence-electron chi connectivity index (χ4n) is 3.35. The number of imidazole rings is 1. The number of carboxylic acids is 1. The molecule has 1 N–H and O–H groups in total. The molecule has 1 saturated carbocycles. The SMILES string of the molecule is CCc1cncn1-c1cc(C(=O)O)c(C)c(C)c1C1CCC1. The van der Waals surface area contributed by atoms with Crippen molar-refractivity contribution in [3.05, 3.63) is 46.5 Å². The minimum atomic E-state index is -0.861. The molecule has 0 amide bonds. The van der Waals surface area contributed by atoms with Gasteiger partial charge in [-0.15, -0.1) is 0 Å². The Hall–Kier alpha value is -2.10. The predicted molar refractivity (Wildman–Crippen MR) is 86.0 cm³/mol. The first-order valence-corrected chi connectivity index (χ1v) is 7.93. The molecule has 0 aliphatic heterocycles. The lowest BCUT2D eigenvalue weighted by molar-refractivity contribution is 0.0696. The third kappa shape index (κ3) is 2.23. The summed E-state index contributed by atoms with van der Waals surface area (Å²) in [5.74, 6) is -0.316. The Morgan fingerprint density at radius 2 is 2.09 bits per heavy atom. The lowest BCUT2D eigenvalue weighted by atomic mass is 9.76. The summed E-state index contributed by atoms with van der Waals surface area (Å²) in [6.45, 7) is 6.07. The van der Waals surface area contributed by atoms with E-state index in [0.29, 0.717) is 11.5 Å². The molecule has 0 atom stereocenters. The number of carbonyl (C=O) groups is 1. The number of benzene rings is 1. The summed E-state index contributed by atoms with van der Waals surface area (Å²) in [5, 5.41) is 9.51. The van der Waals surface area contributed by atoms with Crippen molar-refractivity contribution in [1.29, 1.82) is 0 Å². The van der Waals surface area contributed by atoms with Crippen LogP contribution in [0.15, 0.2) is 18.6 Å². The largest absolute Gasteiger partial charge is 0.478 e. The first-order valence-electron chi connectivity index (χ1n) is 7.93. The molecule has 1 aliphatic rings. The number of aromatic nitrogens is 2. The smallest absolute Gasteiger partial charge is 0.336 e. The van der Waals surface area contributed by atoms with Crippen LogP contribution in [-0.2, 0) is 6.42 Å². The van der Waals surface area contributed by atoms with Gasteiger partial charge in [0.2, 0.25) is 0 Å². The number of rotatable bonds is 4. The van der Waals surface area contributed by atoms with Crippen molar-refractivity contribution in [3.8, 4) is 5.69 Å². The summed E-state index contributed by atoms with van der Waals surface area (Å²) in [7, 11) is 0. The zero-order chi connectivity index (χ0) is 15.9. The molecular formula is C18H22N2O2. The number of aryl methyl sites for hydroxylation is 1. The van der Waals surface area contributed by atoms with Gasteiger partial charge in [0, 0.05) is 11.9 Å².